The minimum atomic E-state index is -4.73. The van der Waals surface area contributed by atoms with Crippen molar-refractivity contribution in [1.82, 2.24) is 15.0 Å². The van der Waals surface area contributed by atoms with Crippen LogP contribution in [0, 0.1) is 0 Å². The molecule has 2 heterocycles. The third kappa shape index (κ3) is 6.18. The van der Waals surface area contributed by atoms with Crippen LogP contribution in [0.3, 0.4) is 0 Å². The van der Waals surface area contributed by atoms with Crippen LogP contribution < -0.4 is 19.7 Å². The van der Waals surface area contributed by atoms with Crippen molar-refractivity contribution < 1.29 is 32.2 Å². The maximum Gasteiger partial charge on any atom is 0.573 e. The van der Waals surface area contributed by atoms with Gasteiger partial charge in [0.25, 0.3) is 0 Å². The fourth-order valence-corrected chi connectivity index (χ4v) is 3.97. The molecule has 1 saturated heterocycles. The highest BCUT2D eigenvalue weighted by atomic mass is 19.4. The highest BCUT2D eigenvalue weighted by Crippen LogP contribution is 2.28. The Balaban J connectivity index is 1.48. The number of alkyl halides is 3. The molecule has 0 spiro atoms. The molecule has 0 amide bonds. The Labute approximate surface area is 205 Å². The van der Waals surface area contributed by atoms with Gasteiger partial charge in [0.15, 0.2) is 5.82 Å². The fraction of sp³-hybridized carbons (Fsp3) is 0.375. The van der Waals surface area contributed by atoms with Crippen molar-refractivity contribution in [3.8, 4) is 11.5 Å². The number of anilines is 2. The molecule has 1 unspecified atom stereocenters. The summed E-state index contributed by atoms with van der Waals surface area (Å²) in [6.45, 7) is 3.53. The van der Waals surface area contributed by atoms with Crippen molar-refractivity contribution in [2.75, 3.05) is 37.0 Å². The van der Waals surface area contributed by atoms with E-state index in [4.69, 9.17) is 9.47 Å². The summed E-state index contributed by atoms with van der Waals surface area (Å²) in [5, 5.41) is 11.6. The first kappa shape index (κ1) is 25.1. The van der Waals surface area contributed by atoms with Gasteiger partial charge in [0.2, 0.25) is 5.69 Å². The number of halogens is 3. The van der Waals surface area contributed by atoms with Gasteiger partial charge >= 0.3 is 12.3 Å². The average molecular weight is 505 g/mol. The summed E-state index contributed by atoms with van der Waals surface area (Å²) in [6.07, 6.45) is -4.00. The van der Waals surface area contributed by atoms with E-state index in [-0.39, 0.29) is 24.1 Å². The van der Waals surface area contributed by atoms with Gasteiger partial charge in [0.05, 0.1) is 20.3 Å². The number of hydrogen-bond acceptors (Lipinski definition) is 8. The van der Waals surface area contributed by atoms with Crippen molar-refractivity contribution in [3.63, 3.8) is 0 Å². The lowest BCUT2D eigenvalue weighted by Gasteiger charge is -2.20. The minimum absolute atomic E-state index is 0.0580. The molecule has 1 atom stereocenters. The van der Waals surface area contributed by atoms with Crippen LogP contribution in [0.4, 0.5) is 24.7 Å². The van der Waals surface area contributed by atoms with Crippen LogP contribution >= 0.6 is 0 Å². The Morgan fingerprint density at radius 3 is 2.44 bits per heavy atom. The lowest BCUT2D eigenvalue weighted by molar-refractivity contribution is -0.274. The molecule has 1 aliphatic heterocycles. The fourth-order valence-electron chi connectivity index (χ4n) is 3.97. The van der Waals surface area contributed by atoms with Crippen molar-refractivity contribution in [1.29, 1.82) is 0 Å². The van der Waals surface area contributed by atoms with E-state index >= 15 is 0 Å². The van der Waals surface area contributed by atoms with E-state index < -0.39 is 12.3 Å². The lowest BCUT2D eigenvalue weighted by Crippen LogP contribution is -2.28. The van der Waals surface area contributed by atoms with E-state index in [1.54, 1.807) is 30.8 Å². The molecular formula is C24H26F3N5O4. The summed E-state index contributed by atoms with van der Waals surface area (Å²) in [5.74, 6) is 0.334. The Morgan fingerprint density at radius 1 is 1.11 bits per heavy atom. The molecule has 4 rings (SSSR count). The summed E-state index contributed by atoms with van der Waals surface area (Å²) < 4.78 is 53.2. The first-order valence-corrected chi connectivity index (χ1v) is 11.4. The standard InChI is InChI=1S/C24H26F3N5O4/c1-3-35-23(33)21-22(32(30-29-21)14-16-4-8-19(34-2)9-5-16)28-17-12-13-31(15-17)18-6-10-20(11-7-18)36-24(25,26)27/h4-11,17,28H,3,12-15H2,1-2H3. The number of ether oxygens (including phenoxy) is 3. The summed E-state index contributed by atoms with van der Waals surface area (Å²) >= 11 is 0. The number of rotatable bonds is 9. The summed E-state index contributed by atoms with van der Waals surface area (Å²) in [6, 6.07) is 13.2. The maximum absolute atomic E-state index is 12.5. The largest absolute Gasteiger partial charge is 0.573 e. The van der Waals surface area contributed by atoms with Gasteiger partial charge in [-0.25, -0.2) is 9.48 Å². The summed E-state index contributed by atoms with van der Waals surface area (Å²) in [4.78, 5) is 14.5. The van der Waals surface area contributed by atoms with E-state index in [1.807, 2.05) is 29.2 Å². The predicted molar refractivity (Wildman–Crippen MR) is 125 cm³/mol. The number of aromatic nitrogens is 3. The third-order valence-corrected chi connectivity index (χ3v) is 5.66. The Hall–Kier alpha value is -3.96. The number of methoxy groups -OCH3 is 1. The van der Waals surface area contributed by atoms with Gasteiger partial charge < -0.3 is 24.4 Å². The lowest BCUT2D eigenvalue weighted by atomic mass is 10.2. The Morgan fingerprint density at radius 2 is 1.81 bits per heavy atom. The molecule has 2 aromatic carbocycles. The minimum Gasteiger partial charge on any atom is -0.497 e. The number of nitrogens with one attached hydrogen (secondary N) is 1. The SMILES string of the molecule is CCOC(=O)c1nnn(Cc2ccc(OC)cc2)c1NC1CCN(c2ccc(OC(F)(F)F)cc2)C1. The van der Waals surface area contributed by atoms with Crippen molar-refractivity contribution in [3.05, 3.63) is 59.8 Å². The smallest absolute Gasteiger partial charge is 0.497 e. The van der Waals surface area contributed by atoms with Crippen molar-refractivity contribution in [2.24, 2.45) is 0 Å². The first-order chi connectivity index (χ1) is 17.3. The normalized spacial score (nSPS) is 15.6. The molecule has 1 fully saturated rings. The van der Waals surface area contributed by atoms with E-state index in [1.165, 1.54) is 12.1 Å². The van der Waals surface area contributed by atoms with Crippen LogP contribution in [0.1, 0.15) is 29.4 Å². The maximum atomic E-state index is 12.5. The van der Waals surface area contributed by atoms with Gasteiger partial charge in [-0.1, -0.05) is 17.3 Å². The predicted octanol–water partition coefficient (Wildman–Crippen LogP) is 4.10. The van der Waals surface area contributed by atoms with Gasteiger partial charge in [-0.2, -0.15) is 0 Å². The molecular weight excluding hydrogens is 479 g/mol. The van der Waals surface area contributed by atoms with Crippen molar-refractivity contribution >= 4 is 17.5 Å². The molecule has 1 aromatic heterocycles. The number of benzene rings is 2. The van der Waals surface area contributed by atoms with Crippen LogP contribution in [0.25, 0.3) is 0 Å². The van der Waals surface area contributed by atoms with Gasteiger partial charge in [-0.05, 0) is 55.3 Å². The monoisotopic (exact) mass is 505 g/mol. The van der Waals surface area contributed by atoms with Crippen LogP contribution in [0.2, 0.25) is 0 Å². The zero-order valence-corrected chi connectivity index (χ0v) is 19.8. The molecule has 0 bridgehead atoms. The second-order valence-corrected chi connectivity index (χ2v) is 8.13. The third-order valence-electron chi connectivity index (χ3n) is 5.66. The van der Waals surface area contributed by atoms with E-state index in [0.717, 1.165) is 23.4 Å². The van der Waals surface area contributed by atoms with Crippen LogP contribution in [-0.4, -0.2) is 60.2 Å². The van der Waals surface area contributed by atoms with Gasteiger partial charge in [0.1, 0.15) is 11.5 Å². The van der Waals surface area contributed by atoms with E-state index in [2.05, 4.69) is 20.4 Å². The number of esters is 1. The van der Waals surface area contributed by atoms with Crippen LogP contribution in [-0.2, 0) is 11.3 Å². The highest BCUT2D eigenvalue weighted by molar-refractivity contribution is 5.92. The zero-order valence-electron chi connectivity index (χ0n) is 19.8. The number of hydrogen-bond donors (Lipinski definition) is 1. The summed E-state index contributed by atoms with van der Waals surface area (Å²) in [7, 11) is 1.59. The average Bonchev–Trinajstić information content (AvgIpc) is 3.47. The number of nitrogens with zero attached hydrogens (tertiary/aromatic N) is 4. The van der Waals surface area contributed by atoms with Gasteiger partial charge in [-0.3, -0.25) is 0 Å². The molecule has 9 nitrogen and oxygen atoms in total. The zero-order chi connectivity index (χ0) is 25.7. The molecule has 1 aliphatic rings. The van der Waals surface area contributed by atoms with E-state index in [9.17, 15) is 18.0 Å². The second-order valence-electron chi connectivity index (χ2n) is 8.13. The van der Waals surface area contributed by atoms with Crippen molar-refractivity contribution in [2.45, 2.75) is 32.3 Å². The molecule has 192 valence electrons. The summed E-state index contributed by atoms with van der Waals surface area (Å²) in [5.41, 5.74) is 1.80. The topological polar surface area (TPSA) is 90.7 Å². The van der Waals surface area contributed by atoms with E-state index in [0.29, 0.717) is 25.5 Å². The highest BCUT2D eigenvalue weighted by Gasteiger charge is 2.31. The first-order valence-electron chi connectivity index (χ1n) is 11.4. The molecule has 3 aromatic rings. The molecule has 12 heteroatoms. The molecule has 0 radical (unpaired) electrons. The Bertz CT molecular complexity index is 1170. The number of carbonyl (C=O) groups excluding carboxylic acids is 1. The van der Waals surface area contributed by atoms with Crippen LogP contribution in [0.5, 0.6) is 11.5 Å². The quantitative estimate of drug-likeness (QED) is 0.435. The molecule has 36 heavy (non-hydrogen) atoms. The number of carbonyl (C=O) groups is 1. The van der Waals surface area contributed by atoms with Crippen LogP contribution in [0.15, 0.2) is 48.5 Å². The molecule has 0 saturated carbocycles. The van der Waals surface area contributed by atoms with Gasteiger partial charge in [-0.15, -0.1) is 18.3 Å². The van der Waals surface area contributed by atoms with Gasteiger partial charge in [0, 0.05) is 24.8 Å². The Kier molecular flexibility index (Phi) is 7.51. The second kappa shape index (κ2) is 10.8. The molecule has 1 N–H and O–H groups in total. The molecule has 0 aliphatic carbocycles.